The van der Waals surface area contributed by atoms with E-state index in [1.54, 1.807) is 6.07 Å². The highest BCUT2D eigenvalue weighted by molar-refractivity contribution is 6.31. The lowest BCUT2D eigenvalue weighted by atomic mass is 10.2. The topological polar surface area (TPSA) is 45.4 Å². The molecule has 19 heavy (non-hydrogen) atoms. The minimum Gasteiger partial charge on any atom is -0.384 e. The van der Waals surface area contributed by atoms with Gasteiger partial charge in [-0.05, 0) is 18.1 Å². The van der Waals surface area contributed by atoms with Gasteiger partial charge in [-0.25, -0.2) is 4.98 Å². The maximum absolute atomic E-state index is 6.16. The molecule has 1 saturated heterocycles. The molecule has 2 N–H and O–H groups in total. The lowest BCUT2D eigenvalue weighted by Crippen LogP contribution is -2.47. The number of hydrogen-bond donors (Lipinski definition) is 1. The van der Waals surface area contributed by atoms with Gasteiger partial charge >= 0.3 is 0 Å². The fourth-order valence-electron chi connectivity index (χ4n) is 2.47. The Kier molecular flexibility index (Phi) is 5.02. The molecule has 0 radical (unpaired) electrons. The highest BCUT2D eigenvalue weighted by Gasteiger charge is 2.18. The van der Waals surface area contributed by atoms with Crippen LogP contribution >= 0.6 is 11.6 Å². The number of nitrogen functional groups attached to an aromatic ring is 1. The van der Waals surface area contributed by atoms with Crippen molar-refractivity contribution in [2.75, 3.05) is 38.5 Å². The van der Waals surface area contributed by atoms with Gasteiger partial charge in [0.1, 0.15) is 5.82 Å². The van der Waals surface area contributed by atoms with E-state index in [1.165, 1.54) is 6.54 Å². The minimum atomic E-state index is 0.540. The fourth-order valence-corrected chi connectivity index (χ4v) is 2.64. The van der Waals surface area contributed by atoms with Crippen molar-refractivity contribution in [2.24, 2.45) is 5.92 Å². The second kappa shape index (κ2) is 6.55. The largest absolute Gasteiger partial charge is 0.384 e. The summed E-state index contributed by atoms with van der Waals surface area (Å²) in [6.45, 7) is 10.9. The van der Waals surface area contributed by atoms with E-state index >= 15 is 0 Å². The maximum atomic E-state index is 6.16. The molecule has 2 rings (SSSR count). The molecular weight excluding hydrogens is 260 g/mol. The van der Waals surface area contributed by atoms with Gasteiger partial charge in [0.2, 0.25) is 0 Å². The van der Waals surface area contributed by atoms with Gasteiger partial charge in [0, 0.05) is 39.3 Å². The highest BCUT2D eigenvalue weighted by Crippen LogP contribution is 2.18. The predicted molar refractivity (Wildman–Crippen MR) is 80.2 cm³/mol. The number of aromatic nitrogens is 1. The van der Waals surface area contributed by atoms with E-state index in [-0.39, 0.29) is 0 Å². The van der Waals surface area contributed by atoms with Crippen LogP contribution in [0.15, 0.2) is 12.1 Å². The molecule has 0 aromatic carbocycles. The molecule has 2 heterocycles. The molecule has 0 unspecified atom stereocenters. The van der Waals surface area contributed by atoms with Crippen molar-refractivity contribution in [3.05, 3.63) is 22.8 Å². The Morgan fingerprint density at radius 3 is 2.47 bits per heavy atom. The summed E-state index contributed by atoms with van der Waals surface area (Å²) in [4.78, 5) is 9.24. The SMILES string of the molecule is CC(C)CN1CCN(Cc2nc(N)ccc2Cl)CC1. The molecule has 5 heteroatoms. The standard InChI is InChI=1S/C14H23ClN4/c1-11(2)9-18-5-7-19(8-6-18)10-13-12(15)3-4-14(16)17-13/h3-4,11H,5-10H2,1-2H3,(H2,16,17). The number of rotatable bonds is 4. The molecule has 106 valence electrons. The molecule has 0 amide bonds. The number of pyridine rings is 1. The summed E-state index contributed by atoms with van der Waals surface area (Å²) in [5.41, 5.74) is 6.60. The van der Waals surface area contributed by atoms with Gasteiger partial charge < -0.3 is 10.6 Å². The Balaban J connectivity index is 1.87. The number of halogens is 1. The number of nitrogens with two attached hydrogens (primary N) is 1. The van der Waals surface area contributed by atoms with E-state index in [0.717, 1.165) is 44.3 Å². The van der Waals surface area contributed by atoms with Crippen LogP contribution in [0.5, 0.6) is 0 Å². The summed E-state index contributed by atoms with van der Waals surface area (Å²) >= 11 is 6.16. The Hall–Kier alpha value is -0.840. The molecular formula is C14H23ClN4. The molecule has 0 aliphatic carbocycles. The lowest BCUT2D eigenvalue weighted by molar-refractivity contribution is 0.116. The van der Waals surface area contributed by atoms with Crippen LogP contribution < -0.4 is 5.73 Å². The van der Waals surface area contributed by atoms with E-state index in [1.807, 2.05) is 6.07 Å². The molecule has 1 aliphatic rings. The predicted octanol–water partition coefficient (Wildman–Crippen LogP) is 2.09. The normalized spacial score (nSPS) is 18.1. The van der Waals surface area contributed by atoms with Crippen molar-refractivity contribution in [2.45, 2.75) is 20.4 Å². The van der Waals surface area contributed by atoms with E-state index in [9.17, 15) is 0 Å². The lowest BCUT2D eigenvalue weighted by Gasteiger charge is -2.35. The maximum Gasteiger partial charge on any atom is 0.123 e. The van der Waals surface area contributed by atoms with Crippen LogP contribution in [0.1, 0.15) is 19.5 Å². The molecule has 1 aliphatic heterocycles. The highest BCUT2D eigenvalue weighted by atomic mass is 35.5. The van der Waals surface area contributed by atoms with Crippen molar-refractivity contribution >= 4 is 17.4 Å². The van der Waals surface area contributed by atoms with Crippen LogP contribution in [0.3, 0.4) is 0 Å². The number of anilines is 1. The second-order valence-electron chi connectivity index (χ2n) is 5.64. The van der Waals surface area contributed by atoms with Crippen molar-refractivity contribution in [1.82, 2.24) is 14.8 Å². The van der Waals surface area contributed by atoms with E-state index in [2.05, 4.69) is 28.6 Å². The van der Waals surface area contributed by atoms with Crippen LogP contribution in [0.4, 0.5) is 5.82 Å². The Morgan fingerprint density at radius 1 is 1.21 bits per heavy atom. The van der Waals surface area contributed by atoms with Crippen LogP contribution in [-0.2, 0) is 6.54 Å². The minimum absolute atomic E-state index is 0.540. The fraction of sp³-hybridized carbons (Fsp3) is 0.643. The van der Waals surface area contributed by atoms with Gasteiger partial charge in [-0.1, -0.05) is 25.4 Å². The van der Waals surface area contributed by atoms with Gasteiger partial charge in [0.15, 0.2) is 0 Å². The first-order valence-corrected chi connectivity index (χ1v) is 7.28. The molecule has 1 aromatic heterocycles. The zero-order valence-electron chi connectivity index (χ0n) is 11.8. The van der Waals surface area contributed by atoms with Gasteiger partial charge in [-0.3, -0.25) is 4.90 Å². The molecule has 1 aromatic rings. The quantitative estimate of drug-likeness (QED) is 0.919. The third-order valence-electron chi connectivity index (χ3n) is 3.40. The molecule has 4 nitrogen and oxygen atoms in total. The monoisotopic (exact) mass is 282 g/mol. The summed E-state index contributed by atoms with van der Waals surface area (Å²) in [6, 6.07) is 3.57. The second-order valence-corrected chi connectivity index (χ2v) is 6.04. The summed E-state index contributed by atoms with van der Waals surface area (Å²) in [6.07, 6.45) is 0. The van der Waals surface area contributed by atoms with Gasteiger partial charge in [-0.15, -0.1) is 0 Å². The van der Waals surface area contributed by atoms with Crippen molar-refractivity contribution in [3.8, 4) is 0 Å². The number of piperazine rings is 1. The van der Waals surface area contributed by atoms with Gasteiger partial charge in [0.05, 0.1) is 10.7 Å². The van der Waals surface area contributed by atoms with E-state index in [0.29, 0.717) is 10.8 Å². The molecule has 0 bridgehead atoms. The zero-order chi connectivity index (χ0) is 13.8. The average molecular weight is 283 g/mol. The Labute approximate surface area is 120 Å². The summed E-state index contributed by atoms with van der Waals surface area (Å²) in [5, 5.41) is 0.707. The summed E-state index contributed by atoms with van der Waals surface area (Å²) in [5.74, 6) is 1.27. The Bertz CT molecular complexity index is 414. The molecule has 0 atom stereocenters. The van der Waals surface area contributed by atoms with Gasteiger partial charge in [-0.2, -0.15) is 0 Å². The Morgan fingerprint density at radius 2 is 1.84 bits per heavy atom. The van der Waals surface area contributed by atoms with Crippen LogP contribution in [0.25, 0.3) is 0 Å². The average Bonchev–Trinajstić information content (AvgIpc) is 2.35. The number of hydrogen-bond acceptors (Lipinski definition) is 4. The zero-order valence-corrected chi connectivity index (χ0v) is 12.5. The van der Waals surface area contributed by atoms with Crippen LogP contribution in [-0.4, -0.2) is 47.5 Å². The van der Waals surface area contributed by atoms with Crippen molar-refractivity contribution in [1.29, 1.82) is 0 Å². The van der Waals surface area contributed by atoms with Crippen LogP contribution in [0, 0.1) is 5.92 Å². The first-order chi connectivity index (χ1) is 9.04. The molecule has 0 saturated carbocycles. The molecule has 0 spiro atoms. The molecule has 1 fully saturated rings. The first kappa shape index (κ1) is 14.6. The summed E-state index contributed by atoms with van der Waals surface area (Å²) in [7, 11) is 0. The van der Waals surface area contributed by atoms with Crippen molar-refractivity contribution in [3.63, 3.8) is 0 Å². The first-order valence-electron chi connectivity index (χ1n) is 6.90. The number of nitrogens with zero attached hydrogens (tertiary/aromatic N) is 3. The van der Waals surface area contributed by atoms with E-state index in [4.69, 9.17) is 17.3 Å². The van der Waals surface area contributed by atoms with Crippen molar-refractivity contribution < 1.29 is 0 Å². The summed E-state index contributed by atoms with van der Waals surface area (Å²) < 4.78 is 0. The third kappa shape index (κ3) is 4.34. The smallest absolute Gasteiger partial charge is 0.123 e. The third-order valence-corrected chi connectivity index (χ3v) is 3.75. The van der Waals surface area contributed by atoms with Gasteiger partial charge in [0.25, 0.3) is 0 Å². The van der Waals surface area contributed by atoms with Crippen LogP contribution in [0.2, 0.25) is 5.02 Å². The van der Waals surface area contributed by atoms with E-state index < -0.39 is 0 Å².